The van der Waals surface area contributed by atoms with Crippen LogP contribution < -0.4 is 5.73 Å². The molecule has 2 atom stereocenters. The molecule has 0 aromatic rings. The number of carbonyl (C=O) groups excluding carboxylic acids is 1. The molecule has 2 nitrogen and oxygen atoms in total. The summed E-state index contributed by atoms with van der Waals surface area (Å²) in [5, 5.41) is 0. The van der Waals surface area contributed by atoms with Crippen molar-refractivity contribution in [2.75, 3.05) is 0 Å². The van der Waals surface area contributed by atoms with E-state index >= 15 is 0 Å². The minimum atomic E-state index is 0.0804. The van der Waals surface area contributed by atoms with E-state index in [0.717, 1.165) is 25.7 Å². The van der Waals surface area contributed by atoms with Crippen molar-refractivity contribution in [2.45, 2.75) is 58.9 Å². The Balaban J connectivity index is 3.71. The summed E-state index contributed by atoms with van der Waals surface area (Å²) in [6, 6.07) is 0.0804. The summed E-state index contributed by atoms with van der Waals surface area (Å²) < 4.78 is 0. The molecule has 0 saturated heterocycles. The third-order valence-corrected chi connectivity index (χ3v) is 2.39. The van der Waals surface area contributed by atoms with Crippen LogP contribution in [0.5, 0.6) is 0 Å². The summed E-state index contributed by atoms with van der Waals surface area (Å²) >= 11 is 0. The van der Waals surface area contributed by atoms with E-state index in [-0.39, 0.29) is 12.0 Å². The van der Waals surface area contributed by atoms with Gasteiger partial charge in [-0.25, -0.2) is 0 Å². The van der Waals surface area contributed by atoms with Crippen molar-refractivity contribution in [3.05, 3.63) is 0 Å². The fraction of sp³-hybridized carbons (Fsp3) is 0.909. The lowest BCUT2D eigenvalue weighted by Crippen LogP contribution is -2.26. The molecule has 0 heterocycles. The fourth-order valence-corrected chi connectivity index (χ4v) is 1.53. The highest BCUT2D eigenvalue weighted by Crippen LogP contribution is 2.11. The Hall–Kier alpha value is -0.370. The van der Waals surface area contributed by atoms with E-state index in [4.69, 9.17) is 5.73 Å². The number of ketones is 1. The van der Waals surface area contributed by atoms with Crippen molar-refractivity contribution in [2.24, 2.45) is 11.7 Å². The highest BCUT2D eigenvalue weighted by Gasteiger charge is 2.14. The molecule has 13 heavy (non-hydrogen) atoms. The number of hydrogen-bond acceptors (Lipinski definition) is 2. The normalized spacial score (nSPS) is 15.4. The first-order valence-corrected chi connectivity index (χ1v) is 5.40. The second kappa shape index (κ2) is 7.07. The molecule has 0 aliphatic heterocycles. The maximum atomic E-state index is 11.5. The molecule has 0 aliphatic carbocycles. The maximum absolute atomic E-state index is 11.5. The van der Waals surface area contributed by atoms with Gasteiger partial charge in [0.25, 0.3) is 0 Å². The van der Waals surface area contributed by atoms with E-state index in [0.29, 0.717) is 12.2 Å². The molecule has 0 amide bonds. The SMILES string of the molecule is CCCC(N)CC(=O)C(C)CCC. The molecule has 2 unspecified atom stereocenters. The van der Waals surface area contributed by atoms with Gasteiger partial charge in [0.15, 0.2) is 0 Å². The summed E-state index contributed by atoms with van der Waals surface area (Å²) in [4.78, 5) is 11.5. The van der Waals surface area contributed by atoms with Crippen LogP contribution in [0.15, 0.2) is 0 Å². The Bertz CT molecular complexity index is 145. The van der Waals surface area contributed by atoms with Crippen LogP contribution >= 0.6 is 0 Å². The molecule has 0 saturated carbocycles. The van der Waals surface area contributed by atoms with Gasteiger partial charge in [0.2, 0.25) is 0 Å². The standard InChI is InChI=1S/C11H23NO/c1-4-6-9(3)11(13)8-10(12)7-5-2/h9-10H,4-8,12H2,1-3H3. The average Bonchev–Trinajstić information content (AvgIpc) is 2.05. The van der Waals surface area contributed by atoms with Crippen molar-refractivity contribution >= 4 is 5.78 Å². The van der Waals surface area contributed by atoms with Crippen molar-refractivity contribution in [3.8, 4) is 0 Å². The van der Waals surface area contributed by atoms with Crippen LogP contribution in [0, 0.1) is 5.92 Å². The first kappa shape index (κ1) is 12.6. The van der Waals surface area contributed by atoms with Crippen LogP contribution in [0.2, 0.25) is 0 Å². The van der Waals surface area contributed by atoms with Crippen LogP contribution in [0.1, 0.15) is 52.9 Å². The van der Waals surface area contributed by atoms with Gasteiger partial charge in [0.1, 0.15) is 5.78 Å². The lowest BCUT2D eigenvalue weighted by Gasteiger charge is -2.13. The zero-order valence-corrected chi connectivity index (χ0v) is 9.18. The van der Waals surface area contributed by atoms with E-state index < -0.39 is 0 Å². The van der Waals surface area contributed by atoms with Crippen molar-refractivity contribution < 1.29 is 4.79 Å². The van der Waals surface area contributed by atoms with Crippen molar-refractivity contribution in [1.29, 1.82) is 0 Å². The van der Waals surface area contributed by atoms with E-state index in [1.54, 1.807) is 0 Å². The first-order chi connectivity index (χ1) is 6.11. The highest BCUT2D eigenvalue weighted by atomic mass is 16.1. The van der Waals surface area contributed by atoms with Crippen LogP contribution in [0.4, 0.5) is 0 Å². The Morgan fingerprint density at radius 2 is 1.77 bits per heavy atom. The molecule has 0 aromatic carbocycles. The summed E-state index contributed by atoms with van der Waals surface area (Å²) in [6.07, 6.45) is 4.67. The van der Waals surface area contributed by atoms with Gasteiger partial charge in [-0.15, -0.1) is 0 Å². The van der Waals surface area contributed by atoms with Gasteiger partial charge in [-0.1, -0.05) is 33.6 Å². The van der Waals surface area contributed by atoms with Gasteiger partial charge in [-0.05, 0) is 12.8 Å². The third kappa shape index (κ3) is 5.81. The number of nitrogens with two attached hydrogens (primary N) is 1. The van der Waals surface area contributed by atoms with Gasteiger partial charge < -0.3 is 5.73 Å². The van der Waals surface area contributed by atoms with Gasteiger partial charge in [0.05, 0.1) is 0 Å². The Morgan fingerprint density at radius 1 is 1.23 bits per heavy atom. The maximum Gasteiger partial charge on any atom is 0.137 e. The molecular formula is C11H23NO. The van der Waals surface area contributed by atoms with E-state index in [9.17, 15) is 4.79 Å². The number of carbonyl (C=O) groups is 1. The Kier molecular flexibility index (Phi) is 6.87. The minimum absolute atomic E-state index is 0.0804. The highest BCUT2D eigenvalue weighted by molar-refractivity contribution is 5.81. The smallest absolute Gasteiger partial charge is 0.137 e. The molecule has 0 aliphatic rings. The van der Waals surface area contributed by atoms with Crippen LogP contribution in [0.3, 0.4) is 0 Å². The van der Waals surface area contributed by atoms with Gasteiger partial charge >= 0.3 is 0 Å². The van der Waals surface area contributed by atoms with Gasteiger partial charge in [-0.3, -0.25) is 4.79 Å². The second-order valence-electron chi connectivity index (χ2n) is 3.91. The molecule has 0 fully saturated rings. The summed E-state index contributed by atoms with van der Waals surface area (Å²) in [5.41, 5.74) is 5.80. The molecule has 78 valence electrons. The first-order valence-electron chi connectivity index (χ1n) is 5.40. The predicted octanol–water partition coefficient (Wildman–Crippen LogP) is 2.51. The second-order valence-corrected chi connectivity index (χ2v) is 3.91. The van der Waals surface area contributed by atoms with Gasteiger partial charge in [-0.2, -0.15) is 0 Å². The zero-order chi connectivity index (χ0) is 10.3. The lowest BCUT2D eigenvalue weighted by molar-refractivity contribution is -0.122. The minimum Gasteiger partial charge on any atom is -0.327 e. The summed E-state index contributed by atoms with van der Waals surface area (Å²) in [6.45, 7) is 6.21. The third-order valence-electron chi connectivity index (χ3n) is 2.39. The molecule has 0 bridgehead atoms. The Morgan fingerprint density at radius 3 is 2.23 bits per heavy atom. The van der Waals surface area contributed by atoms with Crippen molar-refractivity contribution in [3.63, 3.8) is 0 Å². The summed E-state index contributed by atoms with van der Waals surface area (Å²) in [7, 11) is 0. The van der Waals surface area contributed by atoms with Crippen LogP contribution in [-0.2, 0) is 4.79 Å². The molecule has 0 aromatic heterocycles. The largest absolute Gasteiger partial charge is 0.327 e. The van der Waals surface area contributed by atoms with E-state index in [1.165, 1.54) is 0 Å². The topological polar surface area (TPSA) is 43.1 Å². The molecule has 0 rings (SSSR count). The lowest BCUT2D eigenvalue weighted by atomic mass is 9.95. The van der Waals surface area contributed by atoms with Crippen molar-refractivity contribution in [1.82, 2.24) is 0 Å². The number of rotatable bonds is 7. The molecular weight excluding hydrogens is 162 g/mol. The van der Waals surface area contributed by atoms with Crippen LogP contribution in [0.25, 0.3) is 0 Å². The fourth-order valence-electron chi connectivity index (χ4n) is 1.53. The number of hydrogen-bond donors (Lipinski definition) is 1. The molecule has 2 heteroatoms. The molecule has 0 radical (unpaired) electrons. The average molecular weight is 185 g/mol. The van der Waals surface area contributed by atoms with E-state index in [1.807, 2.05) is 6.92 Å². The molecule has 0 spiro atoms. The summed E-state index contributed by atoms with van der Waals surface area (Å²) in [5.74, 6) is 0.538. The van der Waals surface area contributed by atoms with E-state index in [2.05, 4.69) is 13.8 Å². The Labute approximate surface area is 81.9 Å². The van der Waals surface area contributed by atoms with Gasteiger partial charge in [0, 0.05) is 18.4 Å². The monoisotopic (exact) mass is 185 g/mol. The zero-order valence-electron chi connectivity index (χ0n) is 9.18. The quantitative estimate of drug-likeness (QED) is 0.662. The predicted molar refractivity (Wildman–Crippen MR) is 56.6 cm³/mol. The van der Waals surface area contributed by atoms with Crippen LogP contribution in [-0.4, -0.2) is 11.8 Å². The number of Topliss-reactive ketones (excluding diaryl/α,β-unsaturated/α-hetero) is 1. The molecule has 2 N–H and O–H groups in total.